The highest BCUT2D eigenvalue weighted by molar-refractivity contribution is 7.20. The van der Waals surface area contributed by atoms with E-state index in [1.807, 2.05) is 0 Å². The molecule has 0 aliphatic heterocycles. The maximum Gasteiger partial charge on any atom is 0.308 e. The molecule has 0 amide bonds. The standard InChI is InChI=1S/C18H21FO5S/c1-10(18(22)24-3)7-13(21)16-8-12-15(25-16)9-14(23-2)11(17(12)19)5-4-6-20/h8-10,20H,4-7H2,1-3H3. The lowest BCUT2D eigenvalue weighted by Crippen LogP contribution is -2.16. The van der Waals surface area contributed by atoms with Crippen LogP contribution in [0.3, 0.4) is 0 Å². The second-order valence-electron chi connectivity index (χ2n) is 5.77. The SMILES string of the molecule is COC(=O)C(C)CC(=O)c1cc2c(F)c(CCCO)c(OC)cc2s1. The summed E-state index contributed by atoms with van der Waals surface area (Å²) >= 11 is 1.17. The Morgan fingerprint density at radius 2 is 2.04 bits per heavy atom. The quantitative estimate of drug-likeness (QED) is 0.571. The van der Waals surface area contributed by atoms with Crippen LogP contribution < -0.4 is 4.74 Å². The molecule has 0 spiro atoms. The molecule has 1 unspecified atom stereocenters. The van der Waals surface area contributed by atoms with E-state index in [0.717, 1.165) is 0 Å². The molecule has 1 atom stereocenters. The van der Waals surface area contributed by atoms with Crippen molar-refractivity contribution in [1.29, 1.82) is 0 Å². The van der Waals surface area contributed by atoms with Gasteiger partial charge in [0, 0.05) is 28.7 Å². The molecule has 1 aromatic carbocycles. The van der Waals surface area contributed by atoms with E-state index in [9.17, 15) is 14.0 Å². The smallest absolute Gasteiger partial charge is 0.308 e. The van der Waals surface area contributed by atoms with Gasteiger partial charge in [-0.15, -0.1) is 11.3 Å². The fraction of sp³-hybridized carbons (Fsp3) is 0.444. The molecular formula is C18H21FO5S. The van der Waals surface area contributed by atoms with Crippen LogP contribution in [0.25, 0.3) is 10.1 Å². The first-order valence-corrected chi connectivity index (χ1v) is 8.75. The van der Waals surface area contributed by atoms with E-state index in [2.05, 4.69) is 4.74 Å². The third-order valence-corrected chi connectivity index (χ3v) is 5.12. The van der Waals surface area contributed by atoms with Gasteiger partial charge in [-0.05, 0) is 25.0 Å². The van der Waals surface area contributed by atoms with Crippen LogP contribution in [-0.4, -0.2) is 37.7 Å². The second-order valence-corrected chi connectivity index (χ2v) is 6.86. The van der Waals surface area contributed by atoms with Crippen LogP contribution in [0.5, 0.6) is 5.75 Å². The van der Waals surface area contributed by atoms with Crippen molar-refractivity contribution in [3.63, 3.8) is 0 Å². The molecule has 1 aromatic heterocycles. The van der Waals surface area contributed by atoms with Crippen molar-refractivity contribution in [1.82, 2.24) is 0 Å². The first-order chi connectivity index (χ1) is 11.9. The van der Waals surface area contributed by atoms with Crippen molar-refractivity contribution in [2.24, 2.45) is 5.92 Å². The van der Waals surface area contributed by atoms with E-state index in [4.69, 9.17) is 9.84 Å². The lowest BCUT2D eigenvalue weighted by atomic mass is 10.0. The first kappa shape index (κ1) is 19.3. The van der Waals surface area contributed by atoms with Gasteiger partial charge in [0.1, 0.15) is 11.6 Å². The lowest BCUT2D eigenvalue weighted by molar-refractivity contribution is -0.144. The fourth-order valence-electron chi connectivity index (χ4n) is 2.63. The zero-order chi connectivity index (χ0) is 18.6. The first-order valence-electron chi connectivity index (χ1n) is 7.93. The minimum atomic E-state index is -0.554. The average Bonchev–Trinajstić information content (AvgIpc) is 3.04. The number of Topliss-reactive ketones (excluding diaryl/α,β-unsaturated/α-hetero) is 1. The van der Waals surface area contributed by atoms with E-state index in [1.54, 1.807) is 13.0 Å². The number of ketones is 1. The molecule has 0 fully saturated rings. The second kappa shape index (κ2) is 8.40. The highest BCUT2D eigenvalue weighted by Crippen LogP contribution is 2.36. The zero-order valence-electron chi connectivity index (χ0n) is 14.4. The number of benzene rings is 1. The highest BCUT2D eigenvalue weighted by atomic mass is 32.1. The van der Waals surface area contributed by atoms with Crippen LogP contribution in [0, 0.1) is 11.7 Å². The van der Waals surface area contributed by atoms with E-state index in [-0.39, 0.29) is 18.8 Å². The molecule has 5 nitrogen and oxygen atoms in total. The summed E-state index contributed by atoms with van der Waals surface area (Å²) in [5, 5.41) is 9.33. The number of hydrogen-bond acceptors (Lipinski definition) is 6. The van der Waals surface area contributed by atoms with Gasteiger partial charge in [0.2, 0.25) is 0 Å². The summed E-state index contributed by atoms with van der Waals surface area (Å²) in [5.74, 6) is -1.26. The molecule has 2 rings (SSSR count). The molecule has 7 heteroatoms. The molecule has 0 bridgehead atoms. The fourth-order valence-corrected chi connectivity index (χ4v) is 3.67. The van der Waals surface area contributed by atoms with Crippen molar-refractivity contribution in [2.75, 3.05) is 20.8 Å². The lowest BCUT2D eigenvalue weighted by Gasteiger charge is -2.10. The van der Waals surface area contributed by atoms with E-state index < -0.39 is 17.7 Å². The third kappa shape index (κ3) is 4.16. The molecule has 1 N–H and O–H groups in total. The Labute approximate surface area is 149 Å². The van der Waals surface area contributed by atoms with Gasteiger partial charge < -0.3 is 14.6 Å². The largest absolute Gasteiger partial charge is 0.496 e. The molecule has 0 radical (unpaired) electrons. The average molecular weight is 368 g/mol. The molecular weight excluding hydrogens is 347 g/mol. The number of thiophene rings is 1. The van der Waals surface area contributed by atoms with Crippen molar-refractivity contribution >= 4 is 33.2 Å². The maximum absolute atomic E-state index is 14.8. The number of hydrogen-bond donors (Lipinski definition) is 1. The normalized spacial score (nSPS) is 12.2. The molecule has 0 aliphatic rings. The van der Waals surface area contributed by atoms with Crippen molar-refractivity contribution < 1.29 is 28.6 Å². The van der Waals surface area contributed by atoms with E-state index in [0.29, 0.717) is 39.1 Å². The van der Waals surface area contributed by atoms with Crippen LogP contribution in [0.2, 0.25) is 0 Å². The Kier molecular flexibility index (Phi) is 6.50. The number of ether oxygens (including phenoxy) is 2. The van der Waals surface area contributed by atoms with E-state index in [1.165, 1.54) is 31.6 Å². The van der Waals surface area contributed by atoms with Gasteiger partial charge in [0.05, 0.1) is 25.0 Å². The van der Waals surface area contributed by atoms with Gasteiger partial charge in [0.25, 0.3) is 0 Å². The summed E-state index contributed by atoms with van der Waals surface area (Å²) in [5.41, 5.74) is 0.392. The number of aliphatic hydroxyl groups excluding tert-OH is 1. The Bertz CT molecular complexity index is 783. The van der Waals surface area contributed by atoms with Gasteiger partial charge >= 0.3 is 5.97 Å². The van der Waals surface area contributed by atoms with Crippen LogP contribution >= 0.6 is 11.3 Å². The van der Waals surface area contributed by atoms with Crippen molar-refractivity contribution in [3.8, 4) is 5.75 Å². The third-order valence-electron chi connectivity index (χ3n) is 4.00. The van der Waals surface area contributed by atoms with Gasteiger partial charge in [0.15, 0.2) is 5.78 Å². The Hall–Kier alpha value is -1.99. The van der Waals surface area contributed by atoms with Gasteiger partial charge in [-0.3, -0.25) is 9.59 Å². The maximum atomic E-state index is 14.8. The summed E-state index contributed by atoms with van der Waals surface area (Å²) in [6.45, 7) is 1.58. The van der Waals surface area contributed by atoms with Crippen LogP contribution in [-0.2, 0) is 16.0 Å². The van der Waals surface area contributed by atoms with Gasteiger partial charge in [-0.2, -0.15) is 0 Å². The Balaban J connectivity index is 2.37. The number of rotatable bonds is 8. The molecule has 136 valence electrons. The summed E-state index contributed by atoms with van der Waals surface area (Å²) in [6.07, 6.45) is 0.779. The van der Waals surface area contributed by atoms with Crippen LogP contribution in [0.4, 0.5) is 4.39 Å². The molecule has 0 saturated heterocycles. The van der Waals surface area contributed by atoms with Gasteiger partial charge in [-0.1, -0.05) is 6.92 Å². The monoisotopic (exact) mass is 368 g/mol. The Morgan fingerprint density at radius 3 is 2.64 bits per heavy atom. The predicted octanol–water partition coefficient (Wildman–Crippen LogP) is 3.36. The number of aliphatic hydroxyl groups is 1. The van der Waals surface area contributed by atoms with Crippen molar-refractivity contribution in [3.05, 3.63) is 28.4 Å². The molecule has 25 heavy (non-hydrogen) atoms. The molecule has 0 saturated carbocycles. The number of fused-ring (bicyclic) bond motifs is 1. The minimum absolute atomic E-state index is 0.00954. The Morgan fingerprint density at radius 1 is 1.32 bits per heavy atom. The topological polar surface area (TPSA) is 72.8 Å². The summed E-state index contributed by atoms with van der Waals surface area (Å²) in [6, 6.07) is 3.22. The summed E-state index contributed by atoms with van der Waals surface area (Å²) in [7, 11) is 2.74. The predicted molar refractivity (Wildman–Crippen MR) is 93.9 cm³/mol. The molecule has 0 aliphatic carbocycles. The van der Waals surface area contributed by atoms with Crippen LogP contribution in [0.1, 0.15) is 35.0 Å². The number of halogens is 1. The number of carbonyl (C=O) groups excluding carboxylic acids is 2. The summed E-state index contributed by atoms with van der Waals surface area (Å²) in [4.78, 5) is 24.2. The summed E-state index contributed by atoms with van der Waals surface area (Å²) < 4.78 is 25.3. The van der Waals surface area contributed by atoms with E-state index >= 15 is 0 Å². The molecule has 2 aromatic rings. The van der Waals surface area contributed by atoms with Gasteiger partial charge in [-0.25, -0.2) is 4.39 Å². The molecule has 1 heterocycles. The number of carbonyl (C=O) groups is 2. The minimum Gasteiger partial charge on any atom is -0.496 e. The number of methoxy groups -OCH3 is 2. The van der Waals surface area contributed by atoms with Crippen LogP contribution in [0.15, 0.2) is 12.1 Å². The number of esters is 1. The van der Waals surface area contributed by atoms with Crippen molar-refractivity contribution in [2.45, 2.75) is 26.2 Å². The zero-order valence-corrected chi connectivity index (χ0v) is 15.2. The highest BCUT2D eigenvalue weighted by Gasteiger charge is 2.22.